The highest BCUT2D eigenvalue weighted by molar-refractivity contribution is 9.11. The molecule has 98 valence electrons. The molecule has 0 heterocycles. The van der Waals surface area contributed by atoms with E-state index < -0.39 is 11.7 Å². The Kier molecular flexibility index (Phi) is 4.37. The minimum Gasteiger partial charge on any atom is -0.321 e. The Labute approximate surface area is 127 Å². The van der Waals surface area contributed by atoms with Gasteiger partial charge in [0.05, 0.1) is 11.3 Å². The molecule has 0 unspecified atom stereocenters. The normalized spacial score (nSPS) is 10.3. The first kappa shape index (κ1) is 14.2. The first-order valence-corrected chi connectivity index (χ1v) is 7.08. The van der Waals surface area contributed by atoms with Crippen LogP contribution >= 0.6 is 31.9 Å². The predicted octanol–water partition coefficient (Wildman–Crippen LogP) is 4.91. The monoisotopic (exact) mass is 385 g/mol. The number of benzene rings is 2. The van der Waals surface area contributed by atoms with E-state index in [0.29, 0.717) is 5.69 Å². The number of hydrogen-bond donors (Lipinski definition) is 1. The number of carbonyl (C=O) groups is 1. The predicted molar refractivity (Wildman–Crippen MR) is 80.9 cm³/mol. The number of carbonyl (C=O) groups excluding carboxylic acids is 1. The third kappa shape index (κ3) is 3.42. The first-order valence-electron chi connectivity index (χ1n) is 5.50. The maximum Gasteiger partial charge on any atom is 0.258 e. The molecule has 0 bridgehead atoms. The van der Waals surface area contributed by atoms with E-state index in [9.17, 15) is 9.18 Å². The zero-order chi connectivity index (χ0) is 14.0. The fourth-order valence-electron chi connectivity index (χ4n) is 1.59. The summed E-state index contributed by atoms with van der Waals surface area (Å²) in [6.07, 6.45) is 0. The van der Waals surface area contributed by atoms with Crippen LogP contribution in [0.4, 0.5) is 10.1 Å². The summed E-state index contributed by atoms with van der Waals surface area (Å²) in [4.78, 5) is 12.0. The van der Waals surface area contributed by atoms with E-state index in [0.717, 1.165) is 14.5 Å². The molecule has 2 nitrogen and oxygen atoms in total. The second-order valence-corrected chi connectivity index (χ2v) is 5.83. The average Bonchev–Trinajstić information content (AvgIpc) is 2.35. The largest absolute Gasteiger partial charge is 0.321 e. The molecular weight excluding hydrogens is 377 g/mol. The number of halogens is 3. The number of hydrogen-bond acceptors (Lipinski definition) is 1. The lowest BCUT2D eigenvalue weighted by molar-refractivity contribution is 0.102. The molecule has 0 aliphatic rings. The minimum absolute atomic E-state index is 0.0369. The summed E-state index contributed by atoms with van der Waals surface area (Å²) in [7, 11) is 0. The highest BCUT2D eigenvalue weighted by atomic mass is 79.9. The van der Waals surface area contributed by atoms with Crippen LogP contribution < -0.4 is 5.32 Å². The molecule has 0 aliphatic heterocycles. The zero-order valence-electron chi connectivity index (χ0n) is 10.0. The molecule has 0 spiro atoms. The van der Waals surface area contributed by atoms with Gasteiger partial charge in [0.25, 0.3) is 5.91 Å². The van der Waals surface area contributed by atoms with Crippen molar-refractivity contribution >= 4 is 43.5 Å². The SMILES string of the molecule is Cc1ccc(F)c(C(=O)Nc2ccc(Br)cc2Br)c1. The number of amides is 1. The molecule has 0 saturated heterocycles. The second kappa shape index (κ2) is 5.84. The van der Waals surface area contributed by atoms with Gasteiger partial charge in [-0.2, -0.15) is 0 Å². The highest BCUT2D eigenvalue weighted by Gasteiger charge is 2.13. The minimum atomic E-state index is -0.531. The van der Waals surface area contributed by atoms with Crippen LogP contribution in [0.25, 0.3) is 0 Å². The Morgan fingerprint density at radius 3 is 2.58 bits per heavy atom. The van der Waals surface area contributed by atoms with E-state index >= 15 is 0 Å². The molecule has 1 N–H and O–H groups in total. The van der Waals surface area contributed by atoms with E-state index in [-0.39, 0.29) is 5.56 Å². The van der Waals surface area contributed by atoms with Gasteiger partial charge in [-0.15, -0.1) is 0 Å². The van der Waals surface area contributed by atoms with E-state index in [2.05, 4.69) is 37.2 Å². The molecule has 1 amide bonds. The van der Waals surface area contributed by atoms with Gasteiger partial charge in [-0.05, 0) is 53.2 Å². The van der Waals surface area contributed by atoms with Gasteiger partial charge in [-0.25, -0.2) is 4.39 Å². The maximum absolute atomic E-state index is 13.6. The summed E-state index contributed by atoms with van der Waals surface area (Å²) in [6, 6.07) is 9.79. The molecule has 5 heteroatoms. The van der Waals surface area contributed by atoms with Gasteiger partial charge in [0.15, 0.2) is 0 Å². The van der Waals surface area contributed by atoms with Crippen molar-refractivity contribution in [2.75, 3.05) is 5.32 Å². The van der Waals surface area contributed by atoms with Crippen LogP contribution in [-0.4, -0.2) is 5.91 Å². The van der Waals surface area contributed by atoms with Crippen LogP contribution in [0.5, 0.6) is 0 Å². The lowest BCUT2D eigenvalue weighted by Crippen LogP contribution is -2.14. The molecule has 2 aromatic carbocycles. The fraction of sp³-hybridized carbons (Fsp3) is 0.0714. The Hall–Kier alpha value is -1.20. The van der Waals surface area contributed by atoms with Crippen molar-refractivity contribution < 1.29 is 9.18 Å². The van der Waals surface area contributed by atoms with Gasteiger partial charge in [0.1, 0.15) is 5.82 Å². The van der Waals surface area contributed by atoms with Crippen LogP contribution in [0, 0.1) is 12.7 Å². The summed E-state index contributed by atoms with van der Waals surface area (Å²) in [6.45, 7) is 1.81. The lowest BCUT2D eigenvalue weighted by atomic mass is 10.1. The summed E-state index contributed by atoms with van der Waals surface area (Å²) in [5.41, 5.74) is 1.46. The second-order valence-electron chi connectivity index (χ2n) is 4.06. The number of rotatable bonds is 2. The van der Waals surface area contributed by atoms with Crippen molar-refractivity contribution in [3.63, 3.8) is 0 Å². The summed E-state index contributed by atoms with van der Waals surface area (Å²) in [5, 5.41) is 2.68. The van der Waals surface area contributed by atoms with Crippen molar-refractivity contribution in [1.82, 2.24) is 0 Å². The summed E-state index contributed by atoms with van der Waals surface area (Å²) >= 11 is 6.67. The summed E-state index contributed by atoms with van der Waals surface area (Å²) < 4.78 is 15.2. The number of anilines is 1. The molecule has 0 aliphatic carbocycles. The van der Waals surface area contributed by atoms with Gasteiger partial charge < -0.3 is 5.32 Å². The van der Waals surface area contributed by atoms with Crippen molar-refractivity contribution in [3.05, 3.63) is 62.3 Å². The molecule has 0 saturated carbocycles. The molecule has 0 aromatic heterocycles. The Bertz CT molecular complexity index is 643. The van der Waals surface area contributed by atoms with E-state index in [1.807, 2.05) is 13.0 Å². The molecule has 0 radical (unpaired) electrons. The van der Waals surface area contributed by atoms with Crippen LogP contribution in [0.15, 0.2) is 45.3 Å². The molecule has 19 heavy (non-hydrogen) atoms. The Morgan fingerprint density at radius 1 is 1.16 bits per heavy atom. The molecular formula is C14H10Br2FNO. The highest BCUT2D eigenvalue weighted by Crippen LogP contribution is 2.26. The third-order valence-corrected chi connectivity index (χ3v) is 3.70. The van der Waals surface area contributed by atoms with Gasteiger partial charge >= 0.3 is 0 Å². The van der Waals surface area contributed by atoms with Crippen molar-refractivity contribution in [2.45, 2.75) is 6.92 Å². The Balaban J connectivity index is 2.28. The van der Waals surface area contributed by atoms with Gasteiger partial charge in [0, 0.05) is 8.95 Å². The molecule has 0 atom stereocenters. The van der Waals surface area contributed by atoms with Gasteiger partial charge in [-0.1, -0.05) is 27.6 Å². The smallest absolute Gasteiger partial charge is 0.258 e. The van der Waals surface area contributed by atoms with Crippen LogP contribution in [0.3, 0.4) is 0 Å². The van der Waals surface area contributed by atoms with Crippen LogP contribution in [0.1, 0.15) is 15.9 Å². The topological polar surface area (TPSA) is 29.1 Å². The third-order valence-electron chi connectivity index (χ3n) is 2.55. The van der Waals surface area contributed by atoms with Crippen molar-refractivity contribution in [2.24, 2.45) is 0 Å². The molecule has 2 rings (SSSR count). The average molecular weight is 387 g/mol. The quantitative estimate of drug-likeness (QED) is 0.780. The van der Waals surface area contributed by atoms with E-state index in [1.54, 1.807) is 18.2 Å². The summed E-state index contributed by atoms with van der Waals surface area (Å²) in [5.74, 6) is -0.999. The van der Waals surface area contributed by atoms with Gasteiger partial charge in [0.2, 0.25) is 0 Å². The van der Waals surface area contributed by atoms with E-state index in [4.69, 9.17) is 0 Å². The van der Waals surface area contributed by atoms with Crippen LogP contribution in [-0.2, 0) is 0 Å². The van der Waals surface area contributed by atoms with Crippen molar-refractivity contribution in [1.29, 1.82) is 0 Å². The van der Waals surface area contributed by atoms with Crippen LogP contribution in [0.2, 0.25) is 0 Å². The fourth-order valence-corrected chi connectivity index (χ4v) is 2.74. The zero-order valence-corrected chi connectivity index (χ0v) is 13.2. The van der Waals surface area contributed by atoms with E-state index in [1.165, 1.54) is 12.1 Å². The number of nitrogens with one attached hydrogen (secondary N) is 1. The standard InChI is InChI=1S/C14H10Br2FNO/c1-8-2-4-12(17)10(6-8)14(19)18-13-5-3-9(15)7-11(13)16/h2-7H,1H3,(H,18,19). The molecule has 0 fully saturated rings. The lowest BCUT2D eigenvalue weighted by Gasteiger charge is -2.09. The molecule has 2 aromatic rings. The van der Waals surface area contributed by atoms with Gasteiger partial charge in [-0.3, -0.25) is 4.79 Å². The maximum atomic E-state index is 13.6. The Morgan fingerprint density at radius 2 is 1.89 bits per heavy atom. The van der Waals surface area contributed by atoms with Crippen molar-refractivity contribution in [3.8, 4) is 0 Å². The number of aryl methyl sites for hydroxylation is 1. The first-order chi connectivity index (χ1) is 8.97.